The zero-order valence-electron chi connectivity index (χ0n) is 21.8. The van der Waals surface area contributed by atoms with Crippen molar-refractivity contribution in [2.75, 3.05) is 34.4 Å². The maximum atomic E-state index is 12.7. The Kier molecular flexibility index (Phi) is 7.17. The Hall–Kier alpha value is -4.87. The van der Waals surface area contributed by atoms with Crippen molar-refractivity contribution in [3.8, 4) is 0 Å². The van der Waals surface area contributed by atoms with Gasteiger partial charge in [-0.1, -0.05) is 6.07 Å². The van der Waals surface area contributed by atoms with Crippen LogP contribution in [0.3, 0.4) is 0 Å². The summed E-state index contributed by atoms with van der Waals surface area (Å²) in [7, 11) is 0. The quantitative estimate of drug-likeness (QED) is 0.221. The average Bonchev–Trinajstić information content (AvgIpc) is 3.34. The second-order valence-corrected chi connectivity index (χ2v) is 9.81. The first-order valence-electron chi connectivity index (χ1n) is 12.8. The maximum absolute atomic E-state index is 12.7. The van der Waals surface area contributed by atoms with Gasteiger partial charge in [-0.15, -0.1) is 0 Å². The molecule has 202 valence electrons. The monoisotopic (exact) mass is 529 g/mol. The summed E-state index contributed by atoms with van der Waals surface area (Å²) >= 11 is 0. The average molecular weight is 530 g/mol. The number of aromatic nitrogens is 4. The fraction of sp³-hybridized carbons (Fsp3) is 0.296. The first kappa shape index (κ1) is 25.8. The van der Waals surface area contributed by atoms with E-state index in [2.05, 4.69) is 34.8 Å². The maximum Gasteiger partial charge on any atom is 0.404 e. The van der Waals surface area contributed by atoms with Crippen LogP contribution in [0.15, 0.2) is 54.9 Å². The van der Waals surface area contributed by atoms with Crippen LogP contribution in [0, 0.1) is 0 Å². The normalized spacial score (nSPS) is 15.4. The summed E-state index contributed by atoms with van der Waals surface area (Å²) in [6, 6.07) is 14.0. The van der Waals surface area contributed by atoms with E-state index in [1.807, 2.05) is 27.7 Å². The van der Waals surface area contributed by atoms with Gasteiger partial charge in [-0.25, -0.2) is 9.78 Å². The number of nitrogen functional groups attached to an aromatic ring is 1. The lowest BCUT2D eigenvalue weighted by Gasteiger charge is -2.32. The van der Waals surface area contributed by atoms with E-state index in [1.54, 1.807) is 36.7 Å². The molecule has 3 heterocycles. The molecule has 0 aliphatic carbocycles. The lowest BCUT2D eigenvalue weighted by Crippen LogP contribution is -2.48. The van der Waals surface area contributed by atoms with E-state index >= 15 is 0 Å². The van der Waals surface area contributed by atoms with Gasteiger partial charge in [0.25, 0.3) is 5.91 Å². The number of rotatable bonds is 7. The van der Waals surface area contributed by atoms with E-state index < -0.39 is 6.09 Å². The molecule has 0 bridgehead atoms. The van der Waals surface area contributed by atoms with Gasteiger partial charge < -0.3 is 36.3 Å². The van der Waals surface area contributed by atoms with Gasteiger partial charge in [0.2, 0.25) is 5.95 Å². The van der Waals surface area contributed by atoms with E-state index in [-0.39, 0.29) is 18.0 Å². The molecule has 1 unspecified atom stereocenters. The zero-order valence-corrected chi connectivity index (χ0v) is 21.8. The Labute approximate surface area is 225 Å². The van der Waals surface area contributed by atoms with Crippen molar-refractivity contribution in [3.05, 3.63) is 60.4 Å². The van der Waals surface area contributed by atoms with Crippen LogP contribution in [0.4, 0.5) is 33.6 Å². The smallest absolute Gasteiger partial charge is 0.404 e. The van der Waals surface area contributed by atoms with Crippen molar-refractivity contribution in [2.24, 2.45) is 0 Å². The molecule has 2 aromatic heterocycles. The van der Waals surface area contributed by atoms with E-state index in [1.165, 1.54) is 0 Å². The number of nitrogens with two attached hydrogens (primary N) is 1. The third-order valence-electron chi connectivity index (χ3n) is 6.55. The molecule has 2 amide bonds. The van der Waals surface area contributed by atoms with Crippen molar-refractivity contribution in [1.29, 1.82) is 0 Å². The fourth-order valence-electron chi connectivity index (χ4n) is 4.61. The van der Waals surface area contributed by atoms with Gasteiger partial charge in [0, 0.05) is 47.8 Å². The van der Waals surface area contributed by atoms with Gasteiger partial charge in [-0.3, -0.25) is 4.79 Å². The largest absolute Gasteiger partial charge is 0.465 e. The summed E-state index contributed by atoms with van der Waals surface area (Å²) in [4.78, 5) is 40.1. The summed E-state index contributed by atoms with van der Waals surface area (Å²) in [6.07, 6.45) is 2.28. The molecule has 1 aliphatic heterocycles. The number of nitrogens with one attached hydrogen (secondary N) is 3. The molecular weight excluding hydrogens is 498 g/mol. The van der Waals surface area contributed by atoms with Crippen molar-refractivity contribution < 1.29 is 14.7 Å². The molecule has 12 heteroatoms. The Morgan fingerprint density at radius 2 is 1.87 bits per heavy atom. The van der Waals surface area contributed by atoms with Gasteiger partial charge in [0.15, 0.2) is 17.0 Å². The van der Waals surface area contributed by atoms with Crippen LogP contribution in [0.1, 0.15) is 43.1 Å². The van der Waals surface area contributed by atoms with Gasteiger partial charge in [-0.2, -0.15) is 9.97 Å². The van der Waals surface area contributed by atoms with Crippen LogP contribution in [0.25, 0.3) is 11.2 Å². The highest BCUT2D eigenvalue weighted by Crippen LogP contribution is 2.29. The highest BCUT2D eigenvalue weighted by atomic mass is 16.4. The predicted octanol–water partition coefficient (Wildman–Crippen LogP) is 4.22. The van der Waals surface area contributed by atoms with Gasteiger partial charge in [-0.05, 0) is 69.2 Å². The third-order valence-corrected chi connectivity index (χ3v) is 6.55. The lowest BCUT2D eigenvalue weighted by atomic mass is 10.1. The molecule has 1 aliphatic rings. The number of carboxylic acid groups (broad SMARTS) is 1. The minimum Gasteiger partial charge on any atom is -0.465 e. The number of carbonyl (C=O) groups excluding carboxylic acids is 1. The number of hydrogen-bond acceptors (Lipinski definition) is 8. The number of piperidine rings is 1. The second-order valence-electron chi connectivity index (χ2n) is 9.81. The number of imidazole rings is 1. The first-order valence-corrected chi connectivity index (χ1v) is 12.8. The molecule has 1 atom stereocenters. The summed E-state index contributed by atoms with van der Waals surface area (Å²) in [5.74, 6) is 0.769. The minimum atomic E-state index is -1.04. The molecule has 1 fully saturated rings. The lowest BCUT2D eigenvalue weighted by molar-refractivity contribution is 0.102. The number of benzene rings is 2. The molecule has 6 N–H and O–H groups in total. The van der Waals surface area contributed by atoms with Gasteiger partial charge in [0.05, 0.1) is 6.33 Å². The Balaban J connectivity index is 1.44. The number of carbonyl (C=O) groups is 2. The summed E-state index contributed by atoms with van der Waals surface area (Å²) in [5, 5.41) is 18.0. The molecule has 12 nitrogen and oxygen atoms in total. The Morgan fingerprint density at radius 1 is 1.10 bits per heavy atom. The van der Waals surface area contributed by atoms with Crippen molar-refractivity contribution in [3.63, 3.8) is 0 Å². The molecule has 0 spiro atoms. The molecular formula is C27H31N9O3. The van der Waals surface area contributed by atoms with Crippen LogP contribution in [0.5, 0.6) is 0 Å². The first-order chi connectivity index (χ1) is 18.8. The van der Waals surface area contributed by atoms with Crippen LogP contribution < -0.4 is 26.6 Å². The molecule has 5 rings (SSSR count). The van der Waals surface area contributed by atoms with Crippen LogP contribution in [0.2, 0.25) is 0 Å². The van der Waals surface area contributed by atoms with Crippen LogP contribution in [-0.2, 0) is 0 Å². The Bertz CT molecular complexity index is 1500. The van der Waals surface area contributed by atoms with Crippen molar-refractivity contribution >= 4 is 52.0 Å². The van der Waals surface area contributed by atoms with Crippen molar-refractivity contribution in [1.82, 2.24) is 24.8 Å². The number of amides is 2. The topological polar surface area (TPSA) is 163 Å². The van der Waals surface area contributed by atoms with Crippen molar-refractivity contribution in [2.45, 2.75) is 38.8 Å². The predicted molar refractivity (Wildman–Crippen MR) is 151 cm³/mol. The number of hydrogen-bond donors (Lipinski definition) is 5. The van der Waals surface area contributed by atoms with Crippen LogP contribution >= 0.6 is 0 Å². The van der Waals surface area contributed by atoms with Gasteiger partial charge in [0.1, 0.15) is 0 Å². The number of nitrogens with zero attached hydrogens (tertiary/aromatic N) is 5. The highest BCUT2D eigenvalue weighted by molar-refractivity contribution is 6.04. The molecule has 0 saturated carbocycles. The Morgan fingerprint density at radius 3 is 2.62 bits per heavy atom. The van der Waals surface area contributed by atoms with Gasteiger partial charge >= 0.3 is 6.09 Å². The number of anilines is 5. The number of fused-ring (bicyclic) bond motifs is 1. The molecule has 4 aromatic rings. The van der Waals surface area contributed by atoms with E-state index in [9.17, 15) is 14.7 Å². The van der Waals surface area contributed by atoms with E-state index in [0.717, 1.165) is 12.8 Å². The summed E-state index contributed by atoms with van der Waals surface area (Å²) in [5.41, 5.74) is 9.43. The molecule has 0 radical (unpaired) electrons. The SMILES string of the molecule is CC(C)n1cnc2c(Nc3cccc(NC(=O)c4ccc(N)cc4)c3)nc(N3CCCC(NC(=O)O)C3)nc21. The highest BCUT2D eigenvalue weighted by Gasteiger charge is 2.25. The molecule has 1 saturated heterocycles. The van der Waals surface area contributed by atoms with Crippen LogP contribution in [-0.4, -0.2) is 55.8 Å². The second kappa shape index (κ2) is 10.9. The fourth-order valence-corrected chi connectivity index (χ4v) is 4.61. The molecule has 2 aromatic carbocycles. The summed E-state index contributed by atoms with van der Waals surface area (Å²) in [6.45, 7) is 5.29. The minimum absolute atomic E-state index is 0.125. The zero-order chi connectivity index (χ0) is 27.5. The third kappa shape index (κ3) is 5.84. The molecule has 39 heavy (non-hydrogen) atoms. The van der Waals surface area contributed by atoms with E-state index in [0.29, 0.717) is 58.6 Å². The van der Waals surface area contributed by atoms with E-state index in [4.69, 9.17) is 15.7 Å². The summed E-state index contributed by atoms with van der Waals surface area (Å²) < 4.78 is 1.98. The standard InChI is InChI=1S/C27H31N9O3/c1-16(2)36-15-29-22-23(33-26(34-24(22)36)35-12-4-7-21(14-35)32-27(38)39)30-19-5-3-6-20(13-19)31-25(37)17-8-10-18(28)11-9-17/h3,5-6,8-11,13,15-16,21,32H,4,7,12,14,28H2,1-2H3,(H,31,37)(H,38,39)(H,30,33,34).